The topological polar surface area (TPSA) is 20.3 Å². The van der Waals surface area contributed by atoms with Gasteiger partial charge >= 0.3 is 0 Å². The molecule has 0 aliphatic carbocycles. The number of rotatable bonds is 3. The Morgan fingerprint density at radius 3 is 3.00 bits per heavy atom. The second kappa shape index (κ2) is 6.23. The first-order valence-electron chi connectivity index (χ1n) is 6.39. The van der Waals surface area contributed by atoms with E-state index in [2.05, 4.69) is 15.9 Å². The van der Waals surface area contributed by atoms with E-state index in [0.29, 0.717) is 10.0 Å². The van der Waals surface area contributed by atoms with Gasteiger partial charge in [0.15, 0.2) is 0 Å². The second-order valence-corrected chi connectivity index (χ2v) is 6.53. The molecular weight excluding hydrogens is 333 g/mol. The van der Waals surface area contributed by atoms with Crippen LogP contribution in [-0.2, 0) is 0 Å². The largest absolute Gasteiger partial charge is 0.336 e. The molecule has 0 radical (unpaired) electrons. The van der Waals surface area contributed by atoms with Gasteiger partial charge in [0.2, 0.25) is 0 Å². The van der Waals surface area contributed by atoms with Crippen LogP contribution in [0.25, 0.3) is 0 Å². The van der Waals surface area contributed by atoms with Gasteiger partial charge in [-0.05, 0) is 60.3 Å². The SMILES string of the molecule is CC(Cl)CC1CCCN1C(=O)c1ccc(F)cc1Br. The molecule has 104 valence electrons. The molecule has 1 amide bonds. The molecule has 19 heavy (non-hydrogen) atoms. The van der Waals surface area contributed by atoms with E-state index in [1.165, 1.54) is 18.2 Å². The van der Waals surface area contributed by atoms with E-state index < -0.39 is 0 Å². The highest BCUT2D eigenvalue weighted by Gasteiger charge is 2.30. The smallest absolute Gasteiger partial charge is 0.255 e. The van der Waals surface area contributed by atoms with Gasteiger partial charge in [-0.25, -0.2) is 4.39 Å². The van der Waals surface area contributed by atoms with Crippen molar-refractivity contribution in [3.63, 3.8) is 0 Å². The molecule has 0 N–H and O–H groups in total. The molecule has 1 heterocycles. The summed E-state index contributed by atoms with van der Waals surface area (Å²) < 4.78 is 13.6. The number of benzene rings is 1. The van der Waals surface area contributed by atoms with E-state index >= 15 is 0 Å². The fourth-order valence-corrected chi connectivity index (χ4v) is 3.27. The molecule has 1 fully saturated rings. The summed E-state index contributed by atoms with van der Waals surface area (Å²) in [6, 6.07) is 4.36. The lowest BCUT2D eigenvalue weighted by Gasteiger charge is -2.26. The molecule has 2 unspecified atom stereocenters. The molecule has 0 spiro atoms. The zero-order valence-corrected chi connectivity index (χ0v) is 13.0. The predicted octanol–water partition coefficient (Wildman–Crippen LogP) is 4.21. The number of hydrogen-bond acceptors (Lipinski definition) is 1. The minimum Gasteiger partial charge on any atom is -0.336 e. The fourth-order valence-electron chi connectivity index (χ4n) is 2.54. The minimum absolute atomic E-state index is 0.0494. The summed E-state index contributed by atoms with van der Waals surface area (Å²) >= 11 is 9.28. The first kappa shape index (κ1) is 14.8. The maximum absolute atomic E-state index is 13.1. The highest BCUT2D eigenvalue weighted by molar-refractivity contribution is 9.10. The Hall–Kier alpha value is -0.610. The molecule has 2 atom stereocenters. The van der Waals surface area contributed by atoms with Crippen LogP contribution in [0, 0.1) is 5.82 Å². The van der Waals surface area contributed by atoms with Crippen LogP contribution in [0.5, 0.6) is 0 Å². The number of amides is 1. The Labute approximate surface area is 126 Å². The Morgan fingerprint density at radius 2 is 2.37 bits per heavy atom. The molecule has 0 bridgehead atoms. The van der Waals surface area contributed by atoms with E-state index in [1.54, 1.807) is 0 Å². The molecule has 1 aromatic rings. The number of halogens is 3. The van der Waals surface area contributed by atoms with Crippen molar-refractivity contribution in [2.45, 2.75) is 37.6 Å². The summed E-state index contributed by atoms with van der Waals surface area (Å²) in [4.78, 5) is 14.4. The van der Waals surface area contributed by atoms with Gasteiger partial charge in [0.05, 0.1) is 5.56 Å². The molecule has 1 saturated heterocycles. The molecule has 2 rings (SSSR count). The van der Waals surface area contributed by atoms with Crippen LogP contribution in [0.3, 0.4) is 0 Å². The molecule has 1 aliphatic heterocycles. The number of likely N-dealkylation sites (tertiary alicyclic amines) is 1. The maximum atomic E-state index is 13.1. The molecule has 1 aromatic carbocycles. The van der Waals surface area contributed by atoms with Crippen molar-refractivity contribution in [2.75, 3.05) is 6.54 Å². The van der Waals surface area contributed by atoms with Crippen LogP contribution in [0.15, 0.2) is 22.7 Å². The highest BCUT2D eigenvalue weighted by Crippen LogP contribution is 2.27. The number of nitrogens with zero attached hydrogens (tertiary/aromatic N) is 1. The zero-order chi connectivity index (χ0) is 14.0. The molecule has 2 nitrogen and oxygen atoms in total. The average molecular weight is 349 g/mol. The Kier molecular flexibility index (Phi) is 4.85. The normalized spacial score (nSPS) is 20.6. The molecule has 5 heteroatoms. The number of carbonyl (C=O) groups excluding carboxylic acids is 1. The van der Waals surface area contributed by atoms with E-state index in [-0.39, 0.29) is 23.1 Å². The summed E-state index contributed by atoms with van der Waals surface area (Å²) in [5.74, 6) is -0.400. The van der Waals surface area contributed by atoms with Crippen LogP contribution in [0.4, 0.5) is 4.39 Å². The average Bonchev–Trinajstić information content (AvgIpc) is 2.75. The van der Waals surface area contributed by atoms with Gasteiger partial charge in [-0.3, -0.25) is 4.79 Å². The van der Waals surface area contributed by atoms with Crippen molar-refractivity contribution in [3.8, 4) is 0 Å². The lowest BCUT2D eigenvalue weighted by Crippen LogP contribution is -2.36. The van der Waals surface area contributed by atoms with Crippen LogP contribution in [0.1, 0.15) is 36.5 Å². The Morgan fingerprint density at radius 1 is 1.63 bits per heavy atom. The molecule has 0 saturated carbocycles. The molecular formula is C14H16BrClFNO. The quantitative estimate of drug-likeness (QED) is 0.749. The monoisotopic (exact) mass is 347 g/mol. The lowest BCUT2D eigenvalue weighted by atomic mass is 10.1. The second-order valence-electron chi connectivity index (χ2n) is 4.94. The van der Waals surface area contributed by atoms with Gasteiger partial charge in [-0.1, -0.05) is 0 Å². The highest BCUT2D eigenvalue weighted by atomic mass is 79.9. The van der Waals surface area contributed by atoms with E-state index in [9.17, 15) is 9.18 Å². The third kappa shape index (κ3) is 3.48. The summed E-state index contributed by atoms with van der Waals surface area (Å²) in [6.07, 6.45) is 2.78. The van der Waals surface area contributed by atoms with Gasteiger partial charge in [0.1, 0.15) is 5.82 Å². The van der Waals surface area contributed by atoms with E-state index in [4.69, 9.17) is 11.6 Å². The Bertz CT molecular complexity index is 481. The van der Waals surface area contributed by atoms with Crippen molar-refractivity contribution in [2.24, 2.45) is 0 Å². The number of carbonyl (C=O) groups is 1. The van der Waals surface area contributed by atoms with Crippen molar-refractivity contribution in [1.29, 1.82) is 0 Å². The summed E-state index contributed by atoms with van der Waals surface area (Å²) in [5, 5.41) is 0.0510. The van der Waals surface area contributed by atoms with E-state index in [1.807, 2.05) is 11.8 Å². The van der Waals surface area contributed by atoms with Crippen LogP contribution < -0.4 is 0 Å². The van der Waals surface area contributed by atoms with Gasteiger partial charge in [-0.15, -0.1) is 11.6 Å². The van der Waals surface area contributed by atoms with Crippen molar-refractivity contribution in [3.05, 3.63) is 34.1 Å². The standard InChI is InChI=1S/C14H16BrClFNO/c1-9(16)7-11-3-2-6-18(11)14(19)12-5-4-10(17)8-13(12)15/h4-5,8-9,11H,2-3,6-7H2,1H3. The van der Waals surface area contributed by atoms with Crippen LogP contribution >= 0.6 is 27.5 Å². The minimum atomic E-state index is -0.351. The summed E-state index contributed by atoms with van der Waals surface area (Å²) in [7, 11) is 0. The van der Waals surface area contributed by atoms with Gasteiger partial charge in [-0.2, -0.15) is 0 Å². The van der Waals surface area contributed by atoms with Gasteiger partial charge < -0.3 is 4.90 Å². The van der Waals surface area contributed by atoms with Gasteiger partial charge in [0.25, 0.3) is 5.91 Å². The number of hydrogen-bond donors (Lipinski definition) is 0. The maximum Gasteiger partial charge on any atom is 0.255 e. The fraction of sp³-hybridized carbons (Fsp3) is 0.500. The third-order valence-electron chi connectivity index (χ3n) is 3.40. The Balaban J connectivity index is 2.18. The van der Waals surface area contributed by atoms with Crippen molar-refractivity contribution in [1.82, 2.24) is 4.90 Å². The first-order valence-corrected chi connectivity index (χ1v) is 7.62. The number of alkyl halides is 1. The zero-order valence-electron chi connectivity index (χ0n) is 10.7. The summed E-state index contributed by atoms with van der Waals surface area (Å²) in [6.45, 7) is 2.69. The predicted molar refractivity (Wildman–Crippen MR) is 78.1 cm³/mol. The summed E-state index contributed by atoms with van der Waals surface area (Å²) in [5.41, 5.74) is 0.510. The van der Waals surface area contributed by atoms with Crippen molar-refractivity contribution >= 4 is 33.4 Å². The lowest BCUT2D eigenvalue weighted by molar-refractivity contribution is 0.0730. The third-order valence-corrected chi connectivity index (χ3v) is 4.23. The van der Waals surface area contributed by atoms with Crippen LogP contribution in [-0.4, -0.2) is 28.8 Å². The molecule has 1 aliphatic rings. The molecule has 0 aromatic heterocycles. The van der Waals surface area contributed by atoms with Crippen molar-refractivity contribution < 1.29 is 9.18 Å². The van der Waals surface area contributed by atoms with E-state index in [0.717, 1.165) is 25.8 Å². The van der Waals surface area contributed by atoms with Gasteiger partial charge in [0, 0.05) is 22.4 Å². The van der Waals surface area contributed by atoms with Crippen LogP contribution in [0.2, 0.25) is 0 Å². The first-order chi connectivity index (χ1) is 8.99.